The average Bonchev–Trinajstić information content (AvgIpc) is 2.53. The molecule has 2 aliphatic rings. The second-order valence-corrected chi connectivity index (χ2v) is 8.18. The number of hydrogen-bond donors (Lipinski definition) is 1. The Balaban J connectivity index is 1.87. The minimum Gasteiger partial charge on any atom is -0.398 e. The van der Waals surface area contributed by atoms with Crippen LogP contribution in [0.1, 0.15) is 50.2 Å². The number of anilines is 1. The average molecular weight is 327 g/mol. The van der Waals surface area contributed by atoms with Crippen LogP contribution < -0.4 is 5.73 Å². The van der Waals surface area contributed by atoms with Crippen LogP contribution in [-0.2, 0) is 0 Å². The monoisotopic (exact) mass is 327 g/mol. The van der Waals surface area contributed by atoms with E-state index in [2.05, 4.69) is 32.1 Å². The summed E-state index contributed by atoms with van der Waals surface area (Å²) in [5, 5.41) is 0. The minimum absolute atomic E-state index is 0.0964. The van der Waals surface area contributed by atoms with Crippen LogP contribution in [0, 0.1) is 5.41 Å². The van der Waals surface area contributed by atoms with Crippen molar-refractivity contribution in [2.45, 2.75) is 39.0 Å². The van der Waals surface area contributed by atoms with Crippen molar-refractivity contribution in [3.63, 3.8) is 0 Å². The highest BCUT2D eigenvalue weighted by Gasteiger charge is 2.29. The molecule has 1 fully saturated rings. The van der Waals surface area contributed by atoms with Crippen molar-refractivity contribution in [1.82, 2.24) is 9.80 Å². The Kier molecular flexibility index (Phi) is 4.33. The molecule has 0 aromatic heterocycles. The van der Waals surface area contributed by atoms with Gasteiger partial charge in [-0.3, -0.25) is 0 Å². The topological polar surface area (TPSA) is 49.6 Å². The summed E-state index contributed by atoms with van der Waals surface area (Å²) in [6.07, 6.45) is 5.76. The fourth-order valence-electron chi connectivity index (χ4n) is 3.80. The third-order valence-corrected chi connectivity index (χ3v) is 5.51. The summed E-state index contributed by atoms with van der Waals surface area (Å²) in [5.74, 6) is 0.331. The van der Waals surface area contributed by atoms with Crippen LogP contribution in [0.4, 0.5) is 10.5 Å². The Morgan fingerprint density at radius 3 is 2.42 bits per heavy atom. The summed E-state index contributed by atoms with van der Waals surface area (Å²) in [6, 6.07) is 6.50. The normalized spacial score (nSPS) is 21.8. The van der Waals surface area contributed by atoms with Crippen LogP contribution in [0.25, 0.3) is 5.57 Å². The standard InChI is InChI=1S/C20H29N3O/c1-20(2)9-7-14(8-10-20)17-11-15(5-6-18(17)21)16-12-22(3)19(24)23(4)13-16/h5-7,11,16H,8-10,12-13,21H2,1-4H3. The van der Waals surface area contributed by atoms with Crippen LogP contribution in [0.2, 0.25) is 0 Å². The molecular formula is C20H29N3O. The maximum Gasteiger partial charge on any atom is 0.319 e. The first kappa shape index (κ1) is 16.9. The van der Waals surface area contributed by atoms with Gasteiger partial charge in [-0.2, -0.15) is 0 Å². The van der Waals surface area contributed by atoms with Gasteiger partial charge in [-0.25, -0.2) is 4.79 Å². The molecule has 1 aliphatic heterocycles. The van der Waals surface area contributed by atoms with Crippen LogP contribution in [0.5, 0.6) is 0 Å². The number of nitrogens with two attached hydrogens (primary N) is 1. The zero-order valence-corrected chi connectivity index (χ0v) is 15.3. The molecule has 0 unspecified atom stereocenters. The molecule has 0 bridgehead atoms. The number of urea groups is 1. The lowest BCUT2D eigenvalue weighted by atomic mass is 9.76. The quantitative estimate of drug-likeness (QED) is 0.836. The Labute approximate surface area is 145 Å². The van der Waals surface area contributed by atoms with Crippen molar-refractivity contribution in [2.24, 2.45) is 5.41 Å². The predicted molar refractivity (Wildman–Crippen MR) is 99.9 cm³/mol. The van der Waals surface area contributed by atoms with E-state index >= 15 is 0 Å². The van der Waals surface area contributed by atoms with E-state index in [0.717, 1.165) is 31.6 Å². The van der Waals surface area contributed by atoms with Gasteiger partial charge in [0.2, 0.25) is 0 Å². The molecule has 0 atom stereocenters. The van der Waals surface area contributed by atoms with Crippen LogP contribution >= 0.6 is 0 Å². The fraction of sp³-hybridized carbons (Fsp3) is 0.550. The van der Waals surface area contributed by atoms with Gasteiger partial charge in [-0.05, 0) is 47.9 Å². The lowest BCUT2D eigenvalue weighted by Gasteiger charge is -2.36. The predicted octanol–water partition coefficient (Wildman–Crippen LogP) is 3.94. The van der Waals surface area contributed by atoms with E-state index < -0.39 is 0 Å². The summed E-state index contributed by atoms with van der Waals surface area (Å²) in [6.45, 7) is 6.17. The lowest BCUT2D eigenvalue weighted by Crippen LogP contribution is -2.48. The summed E-state index contributed by atoms with van der Waals surface area (Å²) < 4.78 is 0. The number of allylic oxidation sites excluding steroid dienone is 2. The van der Waals surface area contributed by atoms with Crippen molar-refractivity contribution < 1.29 is 4.79 Å². The van der Waals surface area contributed by atoms with Gasteiger partial charge in [0.1, 0.15) is 0 Å². The van der Waals surface area contributed by atoms with Gasteiger partial charge in [0.15, 0.2) is 0 Å². The van der Waals surface area contributed by atoms with Crippen LogP contribution in [-0.4, -0.2) is 43.0 Å². The Hall–Kier alpha value is -1.97. The van der Waals surface area contributed by atoms with Crippen molar-refractivity contribution in [2.75, 3.05) is 32.9 Å². The number of nitrogens with zero attached hydrogens (tertiary/aromatic N) is 2. The molecule has 0 spiro atoms. The van der Waals surface area contributed by atoms with Gasteiger partial charge in [-0.1, -0.05) is 26.0 Å². The van der Waals surface area contributed by atoms with Crippen molar-refractivity contribution >= 4 is 17.3 Å². The summed E-state index contributed by atoms with van der Waals surface area (Å²) in [7, 11) is 3.74. The second-order valence-electron chi connectivity index (χ2n) is 8.18. The molecule has 3 rings (SSSR count). The first-order valence-electron chi connectivity index (χ1n) is 8.82. The largest absolute Gasteiger partial charge is 0.398 e. The Morgan fingerprint density at radius 2 is 1.83 bits per heavy atom. The Morgan fingerprint density at radius 1 is 1.17 bits per heavy atom. The lowest BCUT2D eigenvalue weighted by molar-refractivity contribution is 0.144. The number of nitrogen functional groups attached to an aromatic ring is 1. The zero-order valence-electron chi connectivity index (χ0n) is 15.3. The van der Waals surface area contributed by atoms with Crippen molar-refractivity contribution in [3.8, 4) is 0 Å². The molecule has 1 heterocycles. The highest BCUT2D eigenvalue weighted by Crippen LogP contribution is 2.40. The van der Waals surface area contributed by atoms with Gasteiger partial charge in [0.25, 0.3) is 0 Å². The first-order chi connectivity index (χ1) is 11.3. The summed E-state index contributed by atoms with van der Waals surface area (Å²) >= 11 is 0. The molecule has 2 amide bonds. The number of carbonyl (C=O) groups is 1. The molecule has 1 aromatic carbocycles. The molecule has 1 saturated heterocycles. The van der Waals surface area contributed by atoms with Gasteiger partial charge < -0.3 is 15.5 Å². The van der Waals surface area contributed by atoms with Crippen molar-refractivity contribution in [3.05, 3.63) is 35.4 Å². The third kappa shape index (κ3) is 3.28. The van der Waals surface area contributed by atoms with E-state index in [1.165, 1.54) is 23.1 Å². The maximum atomic E-state index is 12.0. The van der Waals surface area contributed by atoms with Crippen LogP contribution in [0.15, 0.2) is 24.3 Å². The molecule has 130 valence electrons. The zero-order chi connectivity index (χ0) is 17.5. The summed E-state index contributed by atoms with van der Waals surface area (Å²) in [5.41, 5.74) is 11.4. The number of carbonyl (C=O) groups excluding carboxylic acids is 1. The number of rotatable bonds is 2. The molecular weight excluding hydrogens is 298 g/mol. The van der Waals surface area contributed by atoms with E-state index in [9.17, 15) is 4.79 Å². The van der Waals surface area contributed by atoms with E-state index in [1.807, 2.05) is 20.2 Å². The van der Waals surface area contributed by atoms with E-state index in [-0.39, 0.29) is 6.03 Å². The van der Waals surface area contributed by atoms with Gasteiger partial charge >= 0.3 is 6.03 Å². The molecule has 0 radical (unpaired) electrons. The fourth-order valence-corrected chi connectivity index (χ4v) is 3.80. The molecule has 24 heavy (non-hydrogen) atoms. The highest BCUT2D eigenvalue weighted by atomic mass is 16.2. The molecule has 1 aromatic rings. The van der Waals surface area contributed by atoms with E-state index in [4.69, 9.17) is 5.73 Å². The number of amides is 2. The minimum atomic E-state index is 0.0964. The van der Waals surface area contributed by atoms with Gasteiger partial charge in [0, 0.05) is 44.4 Å². The summed E-state index contributed by atoms with van der Waals surface area (Å²) in [4.78, 5) is 15.6. The van der Waals surface area contributed by atoms with Gasteiger partial charge in [-0.15, -0.1) is 0 Å². The molecule has 1 aliphatic carbocycles. The van der Waals surface area contributed by atoms with E-state index in [1.54, 1.807) is 9.80 Å². The van der Waals surface area contributed by atoms with Gasteiger partial charge in [0.05, 0.1) is 0 Å². The number of hydrogen-bond acceptors (Lipinski definition) is 2. The molecule has 2 N–H and O–H groups in total. The number of benzene rings is 1. The SMILES string of the molecule is CN1CC(c2ccc(N)c(C3=CCC(C)(C)CC3)c2)CN(C)C1=O. The third-order valence-electron chi connectivity index (χ3n) is 5.51. The van der Waals surface area contributed by atoms with Crippen LogP contribution in [0.3, 0.4) is 0 Å². The Bertz CT molecular complexity index is 663. The molecule has 0 saturated carbocycles. The van der Waals surface area contributed by atoms with E-state index in [0.29, 0.717) is 11.3 Å². The van der Waals surface area contributed by atoms with Crippen molar-refractivity contribution in [1.29, 1.82) is 0 Å². The first-order valence-corrected chi connectivity index (χ1v) is 8.82. The smallest absolute Gasteiger partial charge is 0.319 e. The molecule has 4 nitrogen and oxygen atoms in total. The maximum absolute atomic E-state index is 12.0. The highest BCUT2D eigenvalue weighted by molar-refractivity contribution is 5.77. The number of likely N-dealkylation sites (N-methyl/N-ethyl adjacent to an activating group) is 2. The second kappa shape index (κ2) is 6.15. The molecule has 4 heteroatoms.